The zero-order valence-corrected chi connectivity index (χ0v) is 13.1. The van der Waals surface area contributed by atoms with E-state index in [1.54, 1.807) is 6.92 Å². The van der Waals surface area contributed by atoms with Gasteiger partial charge in [0.05, 0.1) is 21.4 Å². The van der Waals surface area contributed by atoms with Crippen LogP contribution in [0.1, 0.15) is 12.0 Å². The Bertz CT molecular complexity index is 678. The highest BCUT2D eigenvalue weighted by Crippen LogP contribution is 2.26. The van der Waals surface area contributed by atoms with Crippen molar-refractivity contribution in [2.75, 3.05) is 18.0 Å². The number of nitrogens with two attached hydrogens (primary N) is 2. The van der Waals surface area contributed by atoms with Crippen molar-refractivity contribution in [2.45, 2.75) is 18.2 Å². The van der Waals surface area contributed by atoms with Gasteiger partial charge in [-0.2, -0.15) is 0 Å². The highest BCUT2D eigenvalue weighted by atomic mass is 35.5. The maximum Gasteiger partial charge on any atom is 0.240 e. The molecule has 10 heteroatoms. The smallest absolute Gasteiger partial charge is 0.240 e. The van der Waals surface area contributed by atoms with Crippen molar-refractivity contribution in [3.8, 4) is 0 Å². The molecule has 0 aliphatic carbocycles. The molecule has 0 atom stereocenters. The van der Waals surface area contributed by atoms with E-state index in [2.05, 4.69) is 4.72 Å². The predicted octanol–water partition coefficient (Wildman–Crippen LogP) is 0.188. The lowest BCUT2D eigenvalue weighted by Crippen LogP contribution is -2.27. The molecule has 0 radical (unpaired) electrons. The van der Waals surface area contributed by atoms with Crippen molar-refractivity contribution in [1.29, 1.82) is 0 Å². The molecule has 1 aromatic carbocycles. The first-order valence-corrected chi connectivity index (χ1v) is 9.16. The van der Waals surface area contributed by atoms with Crippen LogP contribution in [-0.4, -0.2) is 29.1 Å². The Morgan fingerprint density at radius 2 is 1.85 bits per heavy atom. The van der Waals surface area contributed by atoms with Crippen LogP contribution in [0.5, 0.6) is 0 Å². The molecule has 0 amide bonds. The molecule has 7 nitrogen and oxygen atoms in total. The Labute approximate surface area is 123 Å². The standard InChI is InChI=1S/C10H16ClN3O4S2/c1-7-5-8(6-9(12)10(7)11)20(17,18)14-3-2-4-19(13,15)16/h5-6,14H,2-4,12H2,1H3,(H2,13,15,16). The van der Waals surface area contributed by atoms with Crippen molar-refractivity contribution in [3.05, 3.63) is 22.7 Å². The van der Waals surface area contributed by atoms with E-state index in [1.165, 1.54) is 12.1 Å². The molecule has 0 saturated heterocycles. The lowest BCUT2D eigenvalue weighted by Gasteiger charge is -2.09. The number of aryl methyl sites for hydroxylation is 1. The Morgan fingerprint density at radius 1 is 1.25 bits per heavy atom. The zero-order valence-electron chi connectivity index (χ0n) is 10.8. The SMILES string of the molecule is Cc1cc(S(=O)(=O)NCCCS(N)(=O)=O)cc(N)c1Cl. The number of rotatable bonds is 6. The fourth-order valence-corrected chi connectivity index (χ4v) is 3.33. The molecule has 0 bridgehead atoms. The molecule has 0 unspecified atom stereocenters. The second kappa shape index (κ2) is 6.27. The first-order chi connectivity index (χ1) is 9.03. The van der Waals surface area contributed by atoms with Crippen molar-refractivity contribution in [2.24, 2.45) is 5.14 Å². The van der Waals surface area contributed by atoms with Crippen LogP contribution in [0.3, 0.4) is 0 Å². The summed E-state index contributed by atoms with van der Waals surface area (Å²) in [7, 11) is -7.36. The fourth-order valence-electron chi connectivity index (χ4n) is 1.48. The van der Waals surface area contributed by atoms with Crippen molar-refractivity contribution < 1.29 is 16.8 Å². The van der Waals surface area contributed by atoms with Gasteiger partial charge in [-0.15, -0.1) is 0 Å². The first kappa shape index (κ1) is 17.2. The van der Waals surface area contributed by atoms with Crippen molar-refractivity contribution >= 4 is 37.3 Å². The minimum Gasteiger partial charge on any atom is -0.397 e. The summed E-state index contributed by atoms with van der Waals surface area (Å²) in [4.78, 5) is -0.0208. The van der Waals surface area contributed by atoms with Crippen molar-refractivity contribution in [1.82, 2.24) is 4.72 Å². The van der Waals surface area contributed by atoms with Gasteiger partial charge in [0.15, 0.2) is 0 Å². The molecule has 0 fully saturated rings. The van der Waals surface area contributed by atoms with Gasteiger partial charge in [0.2, 0.25) is 20.0 Å². The van der Waals surface area contributed by atoms with E-state index in [0.29, 0.717) is 10.6 Å². The molecule has 0 aliphatic rings. The van der Waals surface area contributed by atoms with Gasteiger partial charge in [0, 0.05) is 6.54 Å². The molecule has 0 heterocycles. The van der Waals surface area contributed by atoms with Crippen LogP contribution in [0.25, 0.3) is 0 Å². The molecule has 1 rings (SSSR count). The summed E-state index contributed by atoms with van der Waals surface area (Å²) in [5.74, 6) is -0.294. The normalized spacial score (nSPS) is 12.6. The Balaban J connectivity index is 2.80. The molecular formula is C10H16ClN3O4S2. The predicted molar refractivity (Wildman–Crippen MR) is 78.4 cm³/mol. The quantitative estimate of drug-likeness (QED) is 0.501. The largest absolute Gasteiger partial charge is 0.397 e. The Hall–Kier alpha value is -0.870. The molecular weight excluding hydrogens is 326 g/mol. The maximum atomic E-state index is 12.0. The summed E-state index contributed by atoms with van der Waals surface area (Å²) in [6.07, 6.45) is 0.0834. The van der Waals surface area contributed by atoms with Gasteiger partial charge in [-0.25, -0.2) is 26.7 Å². The number of hydrogen-bond acceptors (Lipinski definition) is 5. The third kappa shape index (κ3) is 4.91. The molecule has 1 aromatic rings. The van der Waals surface area contributed by atoms with Crippen LogP contribution in [0.2, 0.25) is 5.02 Å². The van der Waals surface area contributed by atoms with Gasteiger partial charge >= 0.3 is 0 Å². The van der Waals surface area contributed by atoms with Gasteiger partial charge in [0.1, 0.15) is 0 Å². The fraction of sp³-hybridized carbons (Fsp3) is 0.400. The molecule has 0 spiro atoms. The zero-order chi connectivity index (χ0) is 15.6. The number of halogens is 1. The molecule has 0 aliphatic heterocycles. The van der Waals surface area contributed by atoms with Gasteiger partial charge in [-0.3, -0.25) is 0 Å². The number of hydrogen-bond donors (Lipinski definition) is 3. The maximum absolute atomic E-state index is 12.0. The van der Waals surface area contributed by atoms with Crippen LogP contribution in [0, 0.1) is 6.92 Å². The van der Waals surface area contributed by atoms with Crippen LogP contribution in [0.15, 0.2) is 17.0 Å². The minimum absolute atomic E-state index is 0.0208. The number of nitrogen functional groups attached to an aromatic ring is 1. The van der Waals surface area contributed by atoms with Crippen LogP contribution in [0.4, 0.5) is 5.69 Å². The summed E-state index contributed by atoms with van der Waals surface area (Å²) in [5, 5.41) is 5.12. The van der Waals surface area contributed by atoms with Crippen LogP contribution < -0.4 is 15.6 Å². The van der Waals surface area contributed by atoms with E-state index in [4.69, 9.17) is 22.5 Å². The second-order valence-corrected chi connectivity index (χ2v) is 8.14. The average molecular weight is 342 g/mol. The number of benzene rings is 1. The van der Waals surface area contributed by atoms with Gasteiger partial charge in [0.25, 0.3) is 0 Å². The summed E-state index contributed by atoms with van der Waals surface area (Å²) in [6, 6.07) is 2.64. The van der Waals surface area contributed by atoms with Gasteiger partial charge in [-0.1, -0.05) is 11.6 Å². The molecule has 0 saturated carbocycles. The van der Waals surface area contributed by atoms with Crippen LogP contribution >= 0.6 is 11.6 Å². The monoisotopic (exact) mass is 341 g/mol. The number of primary sulfonamides is 1. The number of sulfonamides is 2. The van der Waals surface area contributed by atoms with Gasteiger partial charge < -0.3 is 5.73 Å². The second-order valence-electron chi connectivity index (χ2n) is 4.26. The third-order valence-electron chi connectivity index (χ3n) is 2.46. The first-order valence-electron chi connectivity index (χ1n) is 5.59. The average Bonchev–Trinajstić information content (AvgIpc) is 2.30. The number of anilines is 1. The molecule has 114 valence electrons. The highest BCUT2D eigenvalue weighted by Gasteiger charge is 2.16. The summed E-state index contributed by atoms with van der Waals surface area (Å²) >= 11 is 5.86. The van der Waals surface area contributed by atoms with E-state index < -0.39 is 20.0 Å². The van der Waals surface area contributed by atoms with E-state index in [0.717, 1.165) is 0 Å². The molecule has 20 heavy (non-hydrogen) atoms. The molecule has 5 N–H and O–H groups in total. The third-order valence-corrected chi connectivity index (χ3v) is 5.28. The van der Waals surface area contributed by atoms with Gasteiger partial charge in [-0.05, 0) is 31.0 Å². The highest BCUT2D eigenvalue weighted by molar-refractivity contribution is 7.89. The summed E-state index contributed by atoms with van der Waals surface area (Å²) < 4.78 is 47.7. The van der Waals surface area contributed by atoms with E-state index in [9.17, 15) is 16.8 Å². The van der Waals surface area contributed by atoms with Crippen LogP contribution in [-0.2, 0) is 20.0 Å². The van der Waals surface area contributed by atoms with E-state index in [1.807, 2.05) is 0 Å². The summed E-state index contributed by atoms with van der Waals surface area (Å²) in [5.41, 5.74) is 6.31. The number of nitrogens with one attached hydrogen (secondary N) is 1. The topological polar surface area (TPSA) is 132 Å². The summed E-state index contributed by atoms with van der Waals surface area (Å²) in [6.45, 7) is 1.60. The molecule has 0 aromatic heterocycles. The lowest BCUT2D eigenvalue weighted by atomic mass is 10.2. The Morgan fingerprint density at radius 3 is 2.35 bits per heavy atom. The van der Waals surface area contributed by atoms with E-state index >= 15 is 0 Å². The van der Waals surface area contributed by atoms with Crippen molar-refractivity contribution in [3.63, 3.8) is 0 Å². The minimum atomic E-state index is -3.76. The Kier molecular flexibility index (Phi) is 5.39. The lowest BCUT2D eigenvalue weighted by molar-refractivity contribution is 0.576. The van der Waals surface area contributed by atoms with E-state index in [-0.39, 0.29) is 29.3 Å².